The third-order valence-corrected chi connectivity index (χ3v) is 1.91. The van der Waals surface area contributed by atoms with Crippen LogP contribution in [0.1, 0.15) is 0 Å². The molecule has 0 unspecified atom stereocenters. The molecule has 1 N–H and O–H groups in total. The average molecular weight is 239 g/mol. The van der Waals surface area contributed by atoms with Gasteiger partial charge in [0, 0.05) is 0 Å². The van der Waals surface area contributed by atoms with Gasteiger partial charge in [-0.25, -0.2) is 4.39 Å². The Morgan fingerprint density at radius 1 is 1.50 bits per heavy atom. The highest BCUT2D eigenvalue weighted by molar-refractivity contribution is 9.10. The SMILES string of the molecule is COc1c(O)c(Br)cc(F)c1F. The summed E-state index contributed by atoms with van der Waals surface area (Å²) in [6.45, 7) is 0. The third kappa shape index (κ3) is 1.36. The lowest BCUT2D eigenvalue weighted by atomic mass is 10.3. The van der Waals surface area contributed by atoms with Crippen LogP contribution in [0.3, 0.4) is 0 Å². The molecule has 66 valence electrons. The molecule has 0 saturated heterocycles. The maximum absolute atomic E-state index is 12.8. The second-order valence-corrected chi connectivity index (χ2v) is 2.89. The summed E-state index contributed by atoms with van der Waals surface area (Å²) in [6.07, 6.45) is 0. The summed E-state index contributed by atoms with van der Waals surface area (Å²) < 4.78 is 29.9. The first kappa shape index (κ1) is 9.25. The number of methoxy groups -OCH3 is 1. The Bertz CT molecular complexity index is 289. The van der Waals surface area contributed by atoms with Gasteiger partial charge in [-0.3, -0.25) is 0 Å². The number of phenolic OH excluding ortho intramolecular Hbond substituents is 1. The van der Waals surface area contributed by atoms with Crippen LogP contribution >= 0.6 is 15.9 Å². The summed E-state index contributed by atoms with van der Waals surface area (Å²) >= 11 is 2.84. The average Bonchev–Trinajstić information content (AvgIpc) is 2.02. The topological polar surface area (TPSA) is 29.5 Å². The van der Waals surface area contributed by atoms with E-state index in [9.17, 15) is 8.78 Å². The van der Waals surface area contributed by atoms with E-state index in [1.54, 1.807) is 0 Å². The van der Waals surface area contributed by atoms with E-state index >= 15 is 0 Å². The smallest absolute Gasteiger partial charge is 0.204 e. The van der Waals surface area contributed by atoms with E-state index in [-0.39, 0.29) is 4.47 Å². The zero-order chi connectivity index (χ0) is 9.30. The van der Waals surface area contributed by atoms with E-state index in [1.165, 1.54) is 0 Å². The lowest BCUT2D eigenvalue weighted by molar-refractivity contribution is 0.338. The highest BCUT2D eigenvalue weighted by atomic mass is 79.9. The highest BCUT2D eigenvalue weighted by Gasteiger charge is 2.16. The van der Waals surface area contributed by atoms with Crippen molar-refractivity contribution in [1.29, 1.82) is 0 Å². The highest BCUT2D eigenvalue weighted by Crippen LogP contribution is 2.37. The van der Waals surface area contributed by atoms with Crippen molar-refractivity contribution in [3.8, 4) is 11.5 Å². The van der Waals surface area contributed by atoms with Gasteiger partial charge in [0.15, 0.2) is 11.6 Å². The van der Waals surface area contributed by atoms with Crippen molar-refractivity contribution >= 4 is 15.9 Å². The number of ether oxygens (including phenoxy) is 1. The summed E-state index contributed by atoms with van der Waals surface area (Å²) in [5.74, 6) is -3.21. The second kappa shape index (κ2) is 3.26. The third-order valence-electron chi connectivity index (χ3n) is 1.31. The molecule has 0 aliphatic heterocycles. The number of phenols is 1. The lowest BCUT2D eigenvalue weighted by Crippen LogP contribution is -1.93. The molecule has 1 rings (SSSR count). The molecule has 0 fully saturated rings. The van der Waals surface area contributed by atoms with Crippen LogP contribution in [0.5, 0.6) is 11.5 Å². The zero-order valence-electron chi connectivity index (χ0n) is 6.07. The predicted molar refractivity (Wildman–Crippen MR) is 42.3 cm³/mol. The van der Waals surface area contributed by atoms with Crippen molar-refractivity contribution in [2.24, 2.45) is 0 Å². The summed E-state index contributed by atoms with van der Waals surface area (Å²) in [5, 5.41) is 9.12. The van der Waals surface area contributed by atoms with E-state index in [2.05, 4.69) is 20.7 Å². The van der Waals surface area contributed by atoms with Crippen molar-refractivity contribution in [3.05, 3.63) is 22.2 Å². The Labute approximate surface area is 75.9 Å². The van der Waals surface area contributed by atoms with E-state index in [1.807, 2.05) is 0 Å². The maximum atomic E-state index is 12.8. The van der Waals surface area contributed by atoms with E-state index < -0.39 is 23.1 Å². The van der Waals surface area contributed by atoms with Crippen LogP contribution in [0.2, 0.25) is 0 Å². The molecule has 0 aliphatic rings. The van der Waals surface area contributed by atoms with Crippen LogP contribution in [-0.4, -0.2) is 12.2 Å². The van der Waals surface area contributed by atoms with Crippen LogP contribution in [0.15, 0.2) is 10.5 Å². The van der Waals surface area contributed by atoms with E-state index in [4.69, 9.17) is 5.11 Å². The Morgan fingerprint density at radius 2 is 2.08 bits per heavy atom. The van der Waals surface area contributed by atoms with Gasteiger partial charge in [0.05, 0.1) is 11.6 Å². The van der Waals surface area contributed by atoms with E-state index in [0.29, 0.717) is 0 Å². The van der Waals surface area contributed by atoms with Gasteiger partial charge >= 0.3 is 0 Å². The van der Waals surface area contributed by atoms with Crippen molar-refractivity contribution < 1.29 is 18.6 Å². The molecular weight excluding hydrogens is 234 g/mol. The molecule has 5 heteroatoms. The molecule has 0 heterocycles. The summed E-state index contributed by atoms with van der Waals surface area (Å²) in [4.78, 5) is 0. The summed E-state index contributed by atoms with van der Waals surface area (Å²) in [7, 11) is 1.14. The molecule has 0 bridgehead atoms. The van der Waals surface area contributed by atoms with Gasteiger partial charge in [-0.1, -0.05) is 0 Å². The summed E-state index contributed by atoms with van der Waals surface area (Å²) in [6, 6.07) is 0.827. The molecule has 0 radical (unpaired) electrons. The standard InChI is InChI=1S/C7H5BrF2O2/c1-12-7-5(10)4(9)2-3(8)6(7)11/h2,11H,1H3. The molecule has 0 aliphatic carbocycles. The van der Waals surface area contributed by atoms with Crippen LogP contribution in [-0.2, 0) is 0 Å². The van der Waals surface area contributed by atoms with Crippen molar-refractivity contribution in [2.75, 3.05) is 7.11 Å². The first-order valence-electron chi connectivity index (χ1n) is 2.98. The predicted octanol–water partition coefficient (Wildman–Crippen LogP) is 2.44. The van der Waals surface area contributed by atoms with Crippen LogP contribution < -0.4 is 4.74 Å². The number of rotatable bonds is 1. The number of halogens is 3. The molecule has 1 aromatic rings. The molecule has 2 nitrogen and oxygen atoms in total. The largest absolute Gasteiger partial charge is 0.503 e. The Kier molecular flexibility index (Phi) is 2.52. The number of aromatic hydroxyl groups is 1. The Hall–Kier alpha value is -0.840. The Balaban J connectivity index is 3.42. The fraction of sp³-hybridized carbons (Fsp3) is 0.143. The van der Waals surface area contributed by atoms with Gasteiger partial charge in [0.25, 0.3) is 0 Å². The van der Waals surface area contributed by atoms with Gasteiger partial charge in [0.2, 0.25) is 11.6 Å². The van der Waals surface area contributed by atoms with Gasteiger partial charge in [-0.15, -0.1) is 0 Å². The maximum Gasteiger partial charge on any atom is 0.204 e. The quantitative estimate of drug-likeness (QED) is 0.762. The second-order valence-electron chi connectivity index (χ2n) is 2.04. The van der Waals surface area contributed by atoms with Gasteiger partial charge < -0.3 is 9.84 Å². The monoisotopic (exact) mass is 238 g/mol. The van der Waals surface area contributed by atoms with Gasteiger partial charge in [-0.2, -0.15) is 4.39 Å². The number of hydrogen-bond donors (Lipinski definition) is 1. The number of benzene rings is 1. The van der Waals surface area contributed by atoms with Crippen molar-refractivity contribution in [2.45, 2.75) is 0 Å². The minimum atomic E-state index is -1.20. The first-order valence-corrected chi connectivity index (χ1v) is 3.77. The Morgan fingerprint density at radius 3 is 2.58 bits per heavy atom. The molecule has 0 aromatic heterocycles. The minimum absolute atomic E-state index is 0.0539. The molecule has 0 atom stereocenters. The van der Waals surface area contributed by atoms with Gasteiger partial charge in [0.1, 0.15) is 0 Å². The summed E-state index contributed by atoms with van der Waals surface area (Å²) in [5.41, 5.74) is 0. The molecule has 0 amide bonds. The minimum Gasteiger partial charge on any atom is -0.503 e. The normalized spacial score (nSPS) is 10.0. The van der Waals surface area contributed by atoms with Crippen LogP contribution in [0, 0.1) is 11.6 Å². The van der Waals surface area contributed by atoms with Crippen molar-refractivity contribution in [1.82, 2.24) is 0 Å². The fourth-order valence-corrected chi connectivity index (χ4v) is 1.13. The van der Waals surface area contributed by atoms with Gasteiger partial charge in [-0.05, 0) is 22.0 Å². The van der Waals surface area contributed by atoms with Crippen molar-refractivity contribution in [3.63, 3.8) is 0 Å². The number of hydrogen-bond acceptors (Lipinski definition) is 2. The van der Waals surface area contributed by atoms with Crippen LogP contribution in [0.25, 0.3) is 0 Å². The molecule has 0 spiro atoms. The zero-order valence-corrected chi connectivity index (χ0v) is 7.65. The first-order chi connectivity index (χ1) is 5.57. The molecular formula is C7H5BrF2O2. The van der Waals surface area contributed by atoms with E-state index in [0.717, 1.165) is 13.2 Å². The van der Waals surface area contributed by atoms with Crippen LogP contribution in [0.4, 0.5) is 8.78 Å². The lowest BCUT2D eigenvalue weighted by Gasteiger charge is -2.06. The molecule has 12 heavy (non-hydrogen) atoms. The molecule has 0 saturated carbocycles. The fourth-order valence-electron chi connectivity index (χ4n) is 0.750. The molecule has 1 aromatic carbocycles.